The van der Waals surface area contributed by atoms with E-state index < -0.39 is 5.97 Å². The number of amides is 1. The first-order chi connectivity index (χ1) is 16.6. The molecule has 0 unspecified atom stereocenters. The van der Waals surface area contributed by atoms with Crippen molar-refractivity contribution < 1.29 is 23.8 Å². The number of nitrogens with zero attached hydrogens (tertiary/aromatic N) is 3. The van der Waals surface area contributed by atoms with E-state index in [2.05, 4.69) is 40.1 Å². The maximum absolute atomic E-state index is 12.3. The first-order valence-electron chi connectivity index (χ1n) is 12.0. The number of piperazine rings is 1. The van der Waals surface area contributed by atoms with Crippen molar-refractivity contribution in [2.75, 3.05) is 68.9 Å². The number of rotatable bonds is 10. The number of carbonyl (C=O) groups is 2. The van der Waals surface area contributed by atoms with Crippen LogP contribution < -0.4 is 19.3 Å². The van der Waals surface area contributed by atoms with E-state index in [1.54, 1.807) is 19.1 Å². The van der Waals surface area contributed by atoms with Crippen molar-refractivity contribution in [1.82, 2.24) is 4.90 Å². The summed E-state index contributed by atoms with van der Waals surface area (Å²) in [6, 6.07) is 16.0. The van der Waals surface area contributed by atoms with E-state index in [0.717, 1.165) is 45.6 Å². The molecule has 2 heterocycles. The van der Waals surface area contributed by atoms with Gasteiger partial charge in [0.15, 0.2) is 6.61 Å². The Hall–Kier alpha value is -3.26. The Morgan fingerprint density at radius 3 is 2.59 bits per heavy atom. The lowest BCUT2D eigenvalue weighted by atomic mass is 10.2. The molecular formula is C26H33N3O5. The Balaban J connectivity index is 1.20. The topological polar surface area (TPSA) is 71.5 Å². The van der Waals surface area contributed by atoms with Gasteiger partial charge in [0.1, 0.15) is 18.0 Å². The Bertz CT molecular complexity index is 960. The fraction of sp³-hybridized carbons (Fsp3) is 0.462. The Morgan fingerprint density at radius 1 is 1.03 bits per heavy atom. The molecule has 34 heavy (non-hydrogen) atoms. The van der Waals surface area contributed by atoms with Crippen LogP contribution in [0.3, 0.4) is 0 Å². The van der Waals surface area contributed by atoms with E-state index in [-0.39, 0.29) is 25.7 Å². The minimum absolute atomic E-state index is 0.0911. The van der Waals surface area contributed by atoms with Crippen LogP contribution in [-0.2, 0) is 14.3 Å². The molecular weight excluding hydrogens is 434 g/mol. The zero-order valence-electron chi connectivity index (χ0n) is 19.8. The molecule has 182 valence electrons. The number of hydrogen-bond acceptors (Lipinski definition) is 7. The molecule has 2 aromatic carbocycles. The molecule has 2 aromatic rings. The number of hydrogen-bond donors (Lipinski definition) is 0. The fourth-order valence-corrected chi connectivity index (χ4v) is 4.28. The summed E-state index contributed by atoms with van der Waals surface area (Å²) in [7, 11) is 0. The van der Waals surface area contributed by atoms with Crippen LogP contribution >= 0.6 is 0 Å². The van der Waals surface area contributed by atoms with Gasteiger partial charge in [-0.2, -0.15) is 0 Å². The summed E-state index contributed by atoms with van der Waals surface area (Å²) in [6.45, 7) is 7.70. The third-order valence-electron chi connectivity index (χ3n) is 6.10. The molecule has 1 amide bonds. The van der Waals surface area contributed by atoms with Gasteiger partial charge in [0.2, 0.25) is 0 Å². The van der Waals surface area contributed by atoms with Gasteiger partial charge < -0.3 is 19.1 Å². The minimum atomic E-state index is -0.445. The summed E-state index contributed by atoms with van der Waals surface area (Å²) < 4.78 is 16.4. The molecule has 4 rings (SSSR count). The number of para-hydroxylation sites is 1. The number of benzene rings is 2. The largest absolute Gasteiger partial charge is 0.494 e. The summed E-state index contributed by atoms with van der Waals surface area (Å²) in [4.78, 5) is 30.6. The van der Waals surface area contributed by atoms with Crippen molar-refractivity contribution in [2.45, 2.75) is 19.8 Å². The van der Waals surface area contributed by atoms with Gasteiger partial charge in [-0.05, 0) is 50.6 Å². The lowest BCUT2D eigenvalue weighted by Crippen LogP contribution is -2.46. The molecule has 1 fully saturated rings. The van der Waals surface area contributed by atoms with E-state index >= 15 is 0 Å². The van der Waals surface area contributed by atoms with Crippen molar-refractivity contribution in [3.63, 3.8) is 0 Å². The average molecular weight is 468 g/mol. The van der Waals surface area contributed by atoms with Crippen LogP contribution in [0, 0.1) is 0 Å². The van der Waals surface area contributed by atoms with Gasteiger partial charge in [-0.15, -0.1) is 0 Å². The standard InChI is InChI=1S/C26H33N3O5/c1-2-32-26(31)19-29-23-18-22(10-11-24(23)34-20-25(29)30)33-17-7-6-12-27-13-15-28(16-14-27)21-8-4-3-5-9-21/h3-5,8-11,18H,2,6-7,12-17,19-20H2,1H3. The van der Waals surface area contributed by atoms with Gasteiger partial charge in [-0.3, -0.25) is 19.4 Å². The molecule has 0 saturated carbocycles. The van der Waals surface area contributed by atoms with Gasteiger partial charge in [0.05, 0.1) is 18.9 Å². The van der Waals surface area contributed by atoms with Gasteiger partial charge in [0.25, 0.3) is 5.91 Å². The van der Waals surface area contributed by atoms with Gasteiger partial charge in [-0.25, -0.2) is 0 Å². The SMILES string of the molecule is CCOC(=O)CN1C(=O)COc2ccc(OCCCCN3CCN(c4ccccc4)CC3)cc21. The molecule has 0 atom stereocenters. The van der Waals surface area contributed by atoms with E-state index in [1.807, 2.05) is 6.07 Å². The Morgan fingerprint density at radius 2 is 1.82 bits per heavy atom. The van der Waals surface area contributed by atoms with Crippen molar-refractivity contribution in [2.24, 2.45) is 0 Å². The second-order valence-corrected chi connectivity index (χ2v) is 8.42. The third kappa shape index (κ3) is 6.20. The summed E-state index contributed by atoms with van der Waals surface area (Å²) in [5, 5.41) is 0. The van der Waals surface area contributed by atoms with E-state index in [4.69, 9.17) is 14.2 Å². The molecule has 0 radical (unpaired) electrons. The number of fused-ring (bicyclic) bond motifs is 1. The first kappa shape index (κ1) is 23.9. The molecule has 0 N–H and O–H groups in total. The minimum Gasteiger partial charge on any atom is -0.494 e. The maximum Gasteiger partial charge on any atom is 0.326 e. The smallest absolute Gasteiger partial charge is 0.326 e. The van der Waals surface area contributed by atoms with Crippen LogP contribution in [0.2, 0.25) is 0 Å². The summed E-state index contributed by atoms with van der Waals surface area (Å²) in [5.41, 5.74) is 1.84. The van der Waals surface area contributed by atoms with E-state index in [9.17, 15) is 9.59 Å². The maximum atomic E-state index is 12.3. The summed E-state index contributed by atoms with van der Waals surface area (Å²) in [5.74, 6) is 0.498. The molecule has 2 aliphatic rings. The van der Waals surface area contributed by atoms with Gasteiger partial charge in [-0.1, -0.05) is 18.2 Å². The highest BCUT2D eigenvalue weighted by Crippen LogP contribution is 2.35. The fourth-order valence-electron chi connectivity index (χ4n) is 4.28. The molecule has 8 nitrogen and oxygen atoms in total. The van der Waals surface area contributed by atoms with Crippen molar-refractivity contribution >= 4 is 23.3 Å². The Kier molecular flexibility index (Phi) is 8.25. The molecule has 0 bridgehead atoms. The van der Waals surface area contributed by atoms with Crippen LogP contribution in [0.15, 0.2) is 48.5 Å². The van der Waals surface area contributed by atoms with Crippen LogP contribution in [0.1, 0.15) is 19.8 Å². The molecule has 0 spiro atoms. The van der Waals surface area contributed by atoms with Crippen molar-refractivity contribution in [3.8, 4) is 11.5 Å². The molecule has 0 aromatic heterocycles. The normalized spacial score (nSPS) is 16.1. The first-order valence-corrected chi connectivity index (χ1v) is 12.0. The highest BCUT2D eigenvalue weighted by molar-refractivity contribution is 6.01. The predicted octanol–water partition coefficient (Wildman–Crippen LogP) is 2.96. The van der Waals surface area contributed by atoms with Crippen LogP contribution in [0.4, 0.5) is 11.4 Å². The third-order valence-corrected chi connectivity index (χ3v) is 6.10. The highest BCUT2D eigenvalue weighted by Gasteiger charge is 2.28. The van der Waals surface area contributed by atoms with Crippen molar-refractivity contribution in [1.29, 1.82) is 0 Å². The van der Waals surface area contributed by atoms with Gasteiger partial charge in [0, 0.05) is 37.9 Å². The molecule has 8 heteroatoms. The zero-order chi connectivity index (χ0) is 23.8. The Labute approximate surface area is 201 Å². The quantitative estimate of drug-likeness (QED) is 0.393. The molecule has 1 saturated heterocycles. The average Bonchev–Trinajstić information content (AvgIpc) is 2.87. The lowest BCUT2D eigenvalue weighted by Gasteiger charge is -2.36. The molecule has 2 aliphatic heterocycles. The van der Waals surface area contributed by atoms with E-state index in [1.165, 1.54) is 10.6 Å². The summed E-state index contributed by atoms with van der Waals surface area (Å²) >= 11 is 0. The second-order valence-electron chi connectivity index (χ2n) is 8.42. The van der Waals surface area contributed by atoms with Crippen LogP contribution in [-0.4, -0.2) is 75.9 Å². The summed E-state index contributed by atoms with van der Waals surface area (Å²) in [6.07, 6.45) is 2.00. The number of ether oxygens (including phenoxy) is 3. The lowest BCUT2D eigenvalue weighted by molar-refractivity contribution is -0.142. The van der Waals surface area contributed by atoms with Crippen LogP contribution in [0.5, 0.6) is 11.5 Å². The predicted molar refractivity (Wildman–Crippen MR) is 131 cm³/mol. The number of unbranched alkanes of at least 4 members (excludes halogenated alkanes) is 1. The molecule has 0 aliphatic carbocycles. The van der Waals surface area contributed by atoms with E-state index in [0.29, 0.717) is 23.8 Å². The zero-order valence-corrected chi connectivity index (χ0v) is 19.8. The monoisotopic (exact) mass is 467 g/mol. The van der Waals surface area contributed by atoms with Gasteiger partial charge >= 0.3 is 5.97 Å². The van der Waals surface area contributed by atoms with Crippen LogP contribution in [0.25, 0.3) is 0 Å². The number of esters is 1. The highest BCUT2D eigenvalue weighted by atomic mass is 16.5. The number of anilines is 2. The number of carbonyl (C=O) groups excluding carboxylic acids is 2. The van der Waals surface area contributed by atoms with Crippen molar-refractivity contribution in [3.05, 3.63) is 48.5 Å². The second kappa shape index (κ2) is 11.7.